The molecule has 0 unspecified atom stereocenters. The van der Waals surface area contributed by atoms with Crippen molar-refractivity contribution < 1.29 is 23.6 Å². The predicted octanol–water partition coefficient (Wildman–Crippen LogP) is 2.76. The number of aromatic carboxylic acids is 1. The van der Waals surface area contributed by atoms with Gasteiger partial charge in [0.2, 0.25) is 0 Å². The van der Waals surface area contributed by atoms with Crippen molar-refractivity contribution in [1.82, 2.24) is 5.32 Å². The number of hydrogen-bond acceptors (Lipinski definition) is 4. The van der Waals surface area contributed by atoms with Crippen LogP contribution in [0.3, 0.4) is 0 Å². The molecule has 130 valence electrons. The van der Waals surface area contributed by atoms with Gasteiger partial charge in [0.05, 0.1) is 16.8 Å². The highest BCUT2D eigenvalue weighted by Gasteiger charge is 2.52. The van der Waals surface area contributed by atoms with E-state index in [1.807, 2.05) is 27.7 Å². The first-order chi connectivity index (χ1) is 11.1. The molecule has 0 aliphatic carbocycles. The Morgan fingerprint density at radius 2 is 1.88 bits per heavy atom. The van der Waals surface area contributed by atoms with Gasteiger partial charge < -0.3 is 19.7 Å². The van der Waals surface area contributed by atoms with Crippen molar-refractivity contribution in [3.63, 3.8) is 0 Å². The molecule has 0 aromatic heterocycles. The first kappa shape index (κ1) is 18.6. The summed E-state index contributed by atoms with van der Waals surface area (Å²) in [7, 11) is 1.13. The summed E-state index contributed by atoms with van der Waals surface area (Å²) in [5.74, 6) is -1.61. The molecule has 1 aliphatic rings. The van der Waals surface area contributed by atoms with E-state index in [0.717, 1.165) is 6.07 Å². The Balaban J connectivity index is 2.44. The zero-order valence-corrected chi connectivity index (χ0v) is 14.6. The van der Waals surface area contributed by atoms with Crippen LogP contribution < -0.4 is 5.32 Å². The number of carbonyl (C=O) groups is 1. The van der Waals surface area contributed by atoms with Crippen molar-refractivity contribution >= 4 is 19.2 Å². The quantitative estimate of drug-likeness (QED) is 0.810. The number of likely N-dealkylation sites (N-methyl/N-ethyl adjacent to an activating group) is 1. The zero-order valence-electron chi connectivity index (χ0n) is 14.6. The molecule has 1 heterocycles. The monoisotopic (exact) mass is 335 g/mol. The topological polar surface area (TPSA) is 67.8 Å². The lowest BCUT2D eigenvalue weighted by atomic mass is 9.76. The van der Waals surface area contributed by atoms with Gasteiger partial charge >= 0.3 is 13.1 Å². The Bertz CT molecular complexity index is 657. The molecule has 0 bridgehead atoms. The Labute approximate surface area is 142 Å². The van der Waals surface area contributed by atoms with Gasteiger partial charge in [0, 0.05) is 6.54 Å². The minimum absolute atomic E-state index is 0.0292. The minimum atomic E-state index is -1.11. The average Bonchev–Trinajstić information content (AvgIpc) is 2.66. The first-order valence-corrected chi connectivity index (χ1v) is 7.81. The molecule has 1 fully saturated rings. The highest BCUT2D eigenvalue weighted by atomic mass is 19.1. The van der Waals surface area contributed by atoms with Crippen molar-refractivity contribution in [2.75, 3.05) is 13.6 Å². The van der Waals surface area contributed by atoms with E-state index in [0.29, 0.717) is 12.0 Å². The summed E-state index contributed by atoms with van der Waals surface area (Å²) in [6.07, 6.45) is 1.62. The van der Waals surface area contributed by atoms with Crippen molar-refractivity contribution in [2.24, 2.45) is 0 Å². The fraction of sp³-hybridized carbons (Fsp3) is 0.471. The Kier molecular flexibility index (Phi) is 5.18. The van der Waals surface area contributed by atoms with Crippen LogP contribution in [-0.2, 0) is 9.31 Å². The summed E-state index contributed by atoms with van der Waals surface area (Å²) >= 11 is 0. The van der Waals surface area contributed by atoms with E-state index >= 15 is 0 Å². The van der Waals surface area contributed by atoms with Crippen LogP contribution in [0.5, 0.6) is 0 Å². The van der Waals surface area contributed by atoms with Gasteiger partial charge in [0.25, 0.3) is 0 Å². The van der Waals surface area contributed by atoms with Gasteiger partial charge in [0.15, 0.2) is 0 Å². The molecule has 0 amide bonds. The van der Waals surface area contributed by atoms with Crippen LogP contribution in [0.1, 0.15) is 43.6 Å². The van der Waals surface area contributed by atoms with Gasteiger partial charge in [0.1, 0.15) is 5.82 Å². The van der Waals surface area contributed by atoms with Crippen LogP contribution in [0.2, 0.25) is 0 Å². The van der Waals surface area contributed by atoms with Crippen LogP contribution in [-0.4, -0.2) is 43.0 Å². The Morgan fingerprint density at radius 1 is 1.29 bits per heavy atom. The third-order valence-electron chi connectivity index (χ3n) is 4.52. The number of carboxylic acids is 1. The molecule has 1 aliphatic heterocycles. The zero-order chi connectivity index (χ0) is 18.1. The molecule has 0 spiro atoms. The van der Waals surface area contributed by atoms with E-state index < -0.39 is 30.1 Å². The molecule has 1 aromatic rings. The van der Waals surface area contributed by atoms with E-state index in [1.54, 1.807) is 13.1 Å². The van der Waals surface area contributed by atoms with E-state index in [4.69, 9.17) is 9.31 Å². The van der Waals surface area contributed by atoms with E-state index in [9.17, 15) is 14.3 Å². The smallest absolute Gasteiger partial charge is 0.478 e. The number of hydrogen-bond donors (Lipinski definition) is 2. The number of carboxylic acid groups (broad SMARTS) is 1. The standard InChI is InChI=1S/C17H23BFNO4/c1-16(2)17(3,4)24-18(23-16)12(10-20-5)8-11-9-13(19)6-7-14(11)15(21)22/h6-9,20H,10H2,1-5H3,(H,21,22). The molecule has 1 aromatic carbocycles. The summed E-state index contributed by atoms with van der Waals surface area (Å²) in [6, 6.07) is 3.59. The molecule has 0 atom stereocenters. The summed E-state index contributed by atoms with van der Waals surface area (Å²) < 4.78 is 25.6. The molecule has 1 saturated heterocycles. The maximum absolute atomic E-state index is 13.6. The summed E-state index contributed by atoms with van der Waals surface area (Å²) in [5, 5.41) is 12.3. The fourth-order valence-electron chi connectivity index (χ4n) is 2.45. The summed E-state index contributed by atoms with van der Waals surface area (Å²) in [5.41, 5.74) is -0.0161. The number of benzene rings is 1. The van der Waals surface area contributed by atoms with E-state index in [2.05, 4.69) is 5.32 Å². The van der Waals surface area contributed by atoms with Crippen LogP contribution >= 0.6 is 0 Å². The molecular formula is C17H23BFNO4. The largest absolute Gasteiger partial charge is 0.491 e. The van der Waals surface area contributed by atoms with Gasteiger partial charge in [-0.05, 0) is 64.0 Å². The molecule has 7 heteroatoms. The summed E-state index contributed by atoms with van der Waals surface area (Å²) in [6.45, 7) is 8.18. The van der Waals surface area contributed by atoms with Crippen LogP contribution in [0.4, 0.5) is 4.39 Å². The second kappa shape index (κ2) is 6.66. The van der Waals surface area contributed by atoms with Crippen molar-refractivity contribution in [2.45, 2.75) is 38.9 Å². The molecule has 2 N–H and O–H groups in total. The van der Waals surface area contributed by atoms with Gasteiger partial charge in [-0.15, -0.1) is 0 Å². The SMILES string of the molecule is CNCC(=Cc1cc(F)ccc1C(=O)O)B1OC(C)(C)C(C)(C)O1. The fourth-order valence-corrected chi connectivity index (χ4v) is 2.45. The van der Waals surface area contributed by atoms with Gasteiger partial charge in [-0.25, -0.2) is 9.18 Å². The molecule has 24 heavy (non-hydrogen) atoms. The first-order valence-electron chi connectivity index (χ1n) is 7.81. The molecule has 0 saturated carbocycles. The van der Waals surface area contributed by atoms with Gasteiger partial charge in [-0.2, -0.15) is 0 Å². The highest BCUT2D eigenvalue weighted by molar-refractivity contribution is 6.56. The maximum atomic E-state index is 13.6. The average molecular weight is 335 g/mol. The van der Waals surface area contributed by atoms with E-state index in [-0.39, 0.29) is 11.1 Å². The molecule has 2 rings (SSSR count). The van der Waals surface area contributed by atoms with Crippen LogP contribution in [0, 0.1) is 5.82 Å². The normalized spacial score (nSPS) is 19.6. The predicted molar refractivity (Wildman–Crippen MR) is 91.3 cm³/mol. The molecular weight excluding hydrogens is 312 g/mol. The second-order valence-corrected chi connectivity index (χ2v) is 6.87. The summed E-state index contributed by atoms with van der Waals surface area (Å²) in [4.78, 5) is 11.4. The van der Waals surface area contributed by atoms with Gasteiger partial charge in [-0.3, -0.25) is 0 Å². The lowest BCUT2D eigenvalue weighted by Gasteiger charge is -2.32. The third kappa shape index (κ3) is 3.69. The van der Waals surface area contributed by atoms with Gasteiger partial charge in [-0.1, -0.05) is 6.08 Å². The van der Waals surface area contributed by atoms with Crippen molar-refractivity contribution in [3.05, 3.63) is 40.6 Å². The maximum Gasteiger partial charge on any atom is 0.491 e. The molecule has 5 nitrogen and oxygen atoms in total. The Hall–Kier alpha value is -1.70. The van der Waals surface area contributed by atoms with Crippen molar-refractivity contribution in [3.8, 4) is 0 Å². The number of halogens is 1. The minimum Gasteiger partial charge on any atom is -0.478 e. The van der Waals surface area contributed by atoms with Crippen LogP contribution in [0.15, 0.2) is 23.7 Å². The highest BCUT2D eigenvalue weighted by Crippen LogP contribution is 2.38. The Morgan fingerprint density at radius 3 is 2.38 bits per heavy atom. The lowest BCUT2D eigenvalue weighted by molar-refractivity contribution is 0.00578. The molecule has 0 radical (unpaired) electrons. The van der Waals surface area contributed by atoms with E-state index in [1.165, 1.54) is 12.1 Å². The third-order valence-corrected chi connectivity index (χ3v) is 4.52. The lowest BCUT2D eigenvalue weighted by Crippen LogP contribution is -2.41. The number of nitrogens with one attached hydrogen (secondary N) is 1. The number of rotatable bonds is 5. The second-order valence-electron chi connectivity index (χ2n) is 6.87. The van der Waals surface area contributed by atoms with Crippen LogP contribution in [0.25, 0.3) is 6.08 Å². The van der Waals surface area contributed by atoms with Crippen molar-refractivity contribution in [1.29, 1.82) is 0 Å².